The average Bonchev–Trinajstić information content (AvgIpc) is 3.43. The Balaban J connectivity index is 1.37. The van der Waals surface area contributed by atoms with Crippen LogP contribution in [0.15, 0.2) is 63.9 Å². The minimum Gasteiger partial charge on any atom is -0.452 e. The van der Waals surface area contributed by atoms with E-state index >= 15 is 0 Å². The molecule has 144 valence electrons. The maximum atomic E-state index is 12.6. The fourth-order valence-electron chi connectivity index (χ4n) is 2.93. The van der Waals surface area contributed by atoms with Crippen LogP contribution in [0.25, 0.3) is 11.5 Å². The second kappa shape index (κ2) is 9.03. The van der Waals surface area contributed by atoms with Crippen LogP contribution in [0.5, 0.6) is 0 Å². The predicted molar refractivity (Wildman–Crippen MR) is 105 cm³/mol. The van der Waals surface area contributed by atoms with Crippen LogP contribution >= 0.6 is 11.8 Å². The predicted octanol–water partition coefficient (Wildman–Crippen LogP) is 4.36. The van der Waals surface area contributed by atoms with Crippen LogP contribution in [0.2, 0.25) is 0 Å². The third kappa shape index (κ3) is 4.61. The highest BCUT2D eigenvalue weighted by Crippen LogP contribution is 2.27. The van der Waals surface area contributed by atoms with Gasteiger partial charge in [-0.15, -0.1) is 22.0 Å². The molecule has 0 amide bonds. The Kier molecular flexibility index (Phi) is 6.04. The molecule has 0 radical (unpaired) electrons. The van der Waals surface area contributed by atoms with Crippen LogP contribution < -0.4 is 0 Å². The van der Waals surface area contributed by atoms with Gasteiger partial charge in [-0.25, -0.2) is 4.79 Å². The van der Waals surface area contributed by atoms with Crippen molar-refractivity contribution < 1.29 is 18.7 Å². The van der Waals surface area contributed by atoms with E-state index < -0.39 is 5.97 Å². The summed E-state index contributed by atoms with van der Waals surface area (Å²) < 4.78 is 16.6. The quantitative estimate of drug-likeness (QED) is 0.434. The maximum Gasteiger partial charge on any atom is 0.339 e. The van der Waals surface area contributed by atoms with E-state index in [9.17, 15) is 4.79 Å². The number of ether oxygens (including phenoxy) is 2. The van der Waals surface area contributed by atoms with Crippen LogP contribution in [0, 0.1) is 0 Å². The second-order valence-corrected chi connectivity index (χ2v) is 7.45. The van der Waals surface area contributed by atoms with Gasteiger partial charge in [0.15, 0.2) is 6.61 Å². The first-order chi connectivity index (χ1) is 13.8. The minimum absolute atomic E-state index is 0.0661. The van der Waals surface area contributed by atoms with Gasteiger partial charge in [0.05, 0.1) is 11.7 Å². The number of hydrogen-bond acceptors (Lipinski definition) is 7. The Morgan fingerprint density at radius 2 is 1.93 bits per heavy atom. The second-order valence-electron chi connectivity index (χ2n) is 6.39. The van der Waals surface area contributed by atoms with Gasteiger partial charge in [-0.1, -0.05) is 30.3 Å². The van der Waals surface area contributed by atoms with Crippen molar-refractivity contribution in [1.29, 1.82) is 0 Å². The summed E-state index contributed by atoms with van der Waals surface area (Å²) in [4.78, 5) is 13.4. The number of thioether (sulfide) groups is 1. The van der Waals surface area contributed by atoms with Crippen LogP contribution in [-0.2, 0) is 16.1 Å². The van der Waals surface area contributed by atoms with Crippen molar-refractivity contribution >= 4 is 17.7 Å². The summed E-state index contributed by atoms with van der Waals surface area (Å²) in [6, 6.07) is 16.9. The van der Waals surface area contributed by atoms with E-state index in [0.29, 0.717) is 11.5 Å². The van der Waals surface area contributed by atoms with Gasteiger partial charge >= 0.3 is 5.97 Å². The lowest BCUT2D eigenvalue weighted by molar-refractivity contribution is 0.0434. The van der Waals surface area contributed by atoms with E-state index in [1.165, 1.54) is 0 Å². The summed E-state index contributed by atoms with van der Waals surface area (Å²) in [5.74, 6) is 1.08. The lowest BCUT2D eigenvalue weighted by atomic mass is 10.2. The number of esters is 1. The average molecular weight is 396 g/mol. The van der Waals surface area contributed by atoms with Crippen molar-refractivity contribution in [2.24, 2.45) is 0 Å². The molecule has 1 fully saturated rings. The summed E-state index contributed by atoms with van der Waals surface area (Å²) in [5.41, 5.74) is 1.36. The fourth-order valence-corrected chi connectivity index (χ4v) is 4.04. The van der Waals surface area contributed by atoms with E-state index in [4.69, 9.17) is 13.9 Å². The van der Waals surface area contributed by atoms with Crippen molar-refractivity contribution in [3.8, 4) is 11.5 Å². The van der Waals surface area contributed by atoms with E-state index in [-0.39, 0.29) is 18.6 Å². The molecule has 0 aliphatic carbocycles. The smallest absolute Gasteiger partial charge is 0.339 e. The van der Waals surface area contributed by atoms with Gasteiger partial charge in [-0.2, -0.15) is 0 Å². The van der Waals surface area contributed by atoms with Crippen molar-refractivity contribution in [3.63, 3.8) is 0 Å². The monoisotopic (exact) mass is 396 g/mol. The molecule has 1 saturated heterocycles. The van der Waals surface area contributed by atoms with Crippen molar-refractivity contribution in [1.82, 2.24) is 10.2 Å². The molecule has 0 unspecified atom stereocenters. The van der Waals surface area contributed by atoms with Gasteiger partial charge < -0.3 is 13.9 Å². The summed E-state index contributed by atoms with van der Waals surface area (Å²) in [6.45, 7) is 0.757. The molecule has 28 heavy (non-hydrogen) atoms. The van der Waals surface area contributed by atoms with Gasteiger partial charge in [0.2, 0.25) is 5.89 Å². The zero-order valence-electron chi connectivity index (χ0n) is 15.2. The highest BCUT2D eigenvalue weighted by atomic mass is 32.2. The molecule has 0 bridgehead atoms. The van der Waals surface area contributed by atoms with Crippen LogP contribution in [0.4, 0.5) is 0 Å². The standard InChI is InChI=1S/C21H20N2O4S/c24-21(17-10-4-5-11-18(17)28-14-16-9-6-12-25-16)26-13-19-22-23-20(27-19)15-7-2-1-3-8-15/h1-5,7-8,10-11,16H,6,9,12-14H2/t16-/m0/s1. The number of aromatic nitrogens is 2. The Hall–Kier alpha value is -2.64. The van der Waals surface area contributed by atoms with E-state index in [1.807, 2.05) is 48.5 Å². The molecular weight excluding hydrogens is 376 g/mol. The molecule has 1 aliphatic heterocycles. The molecule has 1 aliphatic rings. The van der Waals surface area contributed by atoms with Gasteiger partial charge in [-0.3, -0.25) is 0 Å². The summed E-state index contributed by atoms with van der Waals surface area (Å²) >= 11 is 1.62. The fraction of sp³-hybridized carbons (Fsp3) is 0.286. The number of carbonyl (C=O) groups excluding carboxylic acids is 1. The first-order valence-electron chi connectivity index (χ1n) is 9.18. The zero-order chi connectivity index (χ0) is 19.2. The summed E-state index contributed by atoms with van der Waals surface area (Å²) in [6.07, 6.45) is 2.42. The van der Waals surface area contributed by atoms with Crippen molar-refractivity contribution in [2.45, 2.75) is 30.4 Å². The minimum atomic E-state index is -0.407. The first kappa shape index (κ1) is 18.7. The Morgan fingerprint density at radius 3 is 2.75 bits per heavy atom. The van der Waals surface area contributed by atoms with Crippen LogP contribution in [0.3, 0.4) is 0 Å². The molecular formula is C21H20N2O4S. The van der Waals surface area contributed by atoms with E-state index in [2.05, 4.69) is 10.2 Å². The molecule has 7 heteroatoms. The van der Waals surface area contributed by atoms with Crippen molar-refractivity contribution in [2.75, 3.05) is 12.4 Å². The highest BCUT2D eigenvalue weighted by molar-refractivity contribution is 7.99. The topological polar surface area (TPSA) is 74.5 Å². The summed E-state index contributed by atoms with van der Waals surface area (Å²) in [5, 5.41) is 7.96. The molecule has 0 N–H and O–H groups in total. The third-order valence-electron chi connectivity index (χ3n) is 4.37. The normalized spacial score (nSPS) is 16.2. The van der Waals surface area contributed by atoms with E-state index in [1.54, 1.807) is 17.8 Å². The Morgan fingerprint density at radius 1 is 1.11 bits per heavy atom. The van der Waals surface area contributed by atoms with Gasteiger partial charge in [-0.05, 0) is 37.1 Å². The zero-order valence-corrected chi connectivity index (χ0v) is 16.1. The summed E-state index contributed by atoms with van der Waals surface area (Å²) in [7, 11) is 0. The van der Waals surface area contributed by atoms with Gasteiger partial charge in [0, 0.05) is 22.8 Å². The molecule has 2 aromatic carbocycles. The number of nitrogens with zero attached hydrogens (tertiary/aromatic N) is 2. The molecule has 3 aromatic rings. The van der Waals surface area contributed by atoms with Gasteiger partial charge in [0.1, 0.15) is 0 Å². The molecule has 2 heterocycles. The number of hydrogen-bond donors (Lipinski definition) is 0. The Bertz CT molecular complexity index is 923. The molecule has 4 rings (SSSR count). The molecule has 0 spiro atoms. The molecule has 1 aromatic heterocycles. The molecule has 6 nitrogen and oxygen atoms in total. The first-order valence-corrected chi connectivity index (χ1v) is 10.2. The van der Waals surface area contributed by atoms with Crippen LogP contribution in [-0.4, -0.2) is 34.6 Å². The Labute approximate surface area is 167 Å². The molecule has 1 atom stereocenters. The van der Waals surface area contributed by atoms with Crippen LogP contribution in [0.1, 0.15) is 29.1 Å². The lowest BCUT2D eigenvalue weighted by Gasteiger charge is -2.11. The number of benzene rings is 2. The number of carbonyl (C=O) groups is 1. The largest absolute Gasteiger partial charge is 0.452 e. The number of rotatable bonds is 7. The lowest BCUT2D eigenvalue weighted by Crippen LogP contribution is -2.10. The molecule has 0 saturated carbocycles. The maximum absolute atomic E-state index is 12.6. The van der Waals surface area contributed by atoms with Crippen molar-refractivity contribution in [3.05, 3.63) is 66.1 Å². The highest BCUT2D eigenvalue weighted by Gasteiger charge is 2.19. The third-order valence-corrected chi connectivity index (χ3v) is 5.58. The van der Waals surface area contributed by atoms with E-state index in [0.717, 1.165) is 35.7 Å². The SMILES string of the molecule is O=C(OCc1nnc(-c2ccccc2)o1)c1ccccc1SC[C@@H]1CCCO1. The van der Waals surface area contributed by atoms with Gasteiger partial charge in [0.25, 0.3) is 5.89 Å².